The van der Waals surface area contributed by atoms with Gasteiger partial charge in [-0.25, -0.2) is 0 Å². The van der Waals surface area contributed by atoms with Crippen LogP contribution in [0, 0.1) is 0 Å². The summed E-state index contributed by atoms with van der Waals surface area (Å²) >= 11 is 10.2. The SMILES string of the molecule is O=C(Cl)c1cc(O)c(C(=O)Cl)cc1O. The van der Waals surface area contributed by atoms with E-state index in [2.05, 4.69) is 0 Å². The third-order valence-electron chi connectivity index (χ3n) is 1.54. The molecule has 0 atom stereocenters. The average molecular weight is 235 g/mol. The monoisotopic (exact) mass is 234 g/mol. The second-order valence-electron chi connectivity index (χ2n) is 2.43. The summed E-state index contributed by atoms with van der Waals surface area (Å²) in [7, 11) is 0. The zero-order chi connectivity index (χ0) is 10.9. The fourth-order valence-corrected chi connectivity index (χ4v) is 1.19. The van der Waals surface area contributed by atoms with Crippen LogP contribution in [0.5, 0.6) is 11.5 Å². The van der Waals surface area contributed by atoms with Crippen molar-refractivity contribution in [3.8, 4) is 11.5 Å². The molecule has 0 spiro atoms. The minimum Gasteiger partial charge on any atom is -0.507 e. The number of carbonyl (C=O) groups is 2. The zero-order valence-electron chi connectivity index (χ0n) is 6.62. The van der Waals surface area contributed by atoms with Crippen LogP contribution in [0.4, 0.5) is 0 Å². The number of carbonyl (C=O) groups excluding carboxylic acids is 2. The van der Waals surface area contributed by atoms with Crippen LogP contribution in [-0.2, 0) is 0 Å². The summed E-state index contributed by atoms with van der Waals surface area (Å²) in [5, 5.41) is 16.5. The van der Waals surface area contributed by atoms with E-state index in [0.29, 0.717) is 0 Å². The number of rotatable bonds is 2. The molecule has 0 bridgehead atoms. The maximum Gasteiger partial charge on any atom is 0.256 e. The molecule has 4 nitrogen and oxygen atoms in total. The number of aromatic hydroxyl groups is 2. The van der Waals surface area contributed by atoms with Gasteiger partial charge in [0.1, 0.15) is 11.5 Å². The Morgan fingerprint density at radius 3 is 1.43 bits per heavy atom. The first-order valence-electron chi connectivity index (χ1n) is 3.39. The first-order chi connectivity index (χ1) is 6.43. The van der Waals surface area contributed by atoms with Gasteiger partial charge in [-0.15, -0.1) is 0 Å². The van der Waals surface area contributed by atoms with E-state index in [0.717, 1.165) is 12.1 Å². The molecule has 0 radical (unpaired) electrons. The zero-order valence-corrected chi connectivity index (χ0v) is 8.13. The van der Waals surface area contributed by atoms with Gasteiger partial charge in [-0.2, -0.15) is 0 Å². The lowest BCUT2D eigenvalue weighted by Crippen LogP contribution is -1.95. The highest BCUT2D eigenvalue weighted by atomic mass is 35.5. The molecular weight excluding hydrogens is 231 g/mol. The van der Waals surface area contributed by atoms with Crippen LogP contribution < -0.4 is 0 Å². The number of halogens is 2. The van der Waals surface area contributed by atoms with Crippen molar-refractivity contribution in [1.82, 2.24) is 0 Å². The third kappa shape index (κ3) is 1.97. The fourth-order valence-electron chi connectivity index (χ4n) is 0.892. The molecule has 1 aromatic carbocycles. The number of hydrogen-bond donors (Lipinski definition) is 2. The molecule has 0 fully saturated rings. The van der Waals surface area contributed by atoms with Gasteiger partial charge in [0, 0.05) is 0 Å². The Morgan fingerprint density at radius 1 is 0.929 bits per heavy atom. The molecular formula is C8H4Cl2O4. The highest BCUT2D eigenvalue weighted by molar-refractivity contribution is 6.69. The van der Waals surface area contributed by atoms with Crippen molar-refractivity contribution in [3.05, 3.63) is 23.3 Å². The molecule has 2 N–H and O–H groups in total. The van der Waals surface area contributed by atoms with Crippen LogP contribution in [-0.4, -0.2) is 20.7 Å². The van der Waals surface area contributed by atoms with Crippen molar-refractivity contribution in [2.75, 3.05) is 0 Å². The van der Waals surface area contributed by atoms with Crippen LogP contribution in [0.15, 0.2) is 12.1 Å². The Kier molecular flexibility index (Phi) is 2.98. The Balaban J connectivity index is 3.38. The minimum atomic E-state index is -0.939. The second kappa shape index (κ2) is 3.86. The van der Waals surface area contributed by atoms with Gasteiger partial charge in [0.25, 0.3) is 10.5 Å². The van der Waals surface area contributed by atoms with E-state index in [1.54, 1.807) is 0 Å². The van der Waals surface area contributed by atoms with E-state index in [1.165, 1.54) is 0 Å². The third-order valence-corrected chi connectivity index (χ3v) is 1.94. The number of phenolic OH excluding ortho intramolecular Hbond substituents is 2. The van der Waals surface area contributed by atoms with Crippen molar-refractivity contribution < 1.29 is 19.8 Å². The lowest BCUT2D eigenvalue weighted by molar-refractivity contribution is 0.106. The van der Waals surface area contributed by atoms with Crippen LogP contribution in [0.3, 0.4) is 0 Å². The lowest BCUT2D eigenvalue weighted by atomic mass is 10.1. The summed E-state index contributed by atoms with van der Waals surface area (Å²) in [5.41, 5.74) is -0.573. The van der Waals surface area contributed by atoms with Gasteiger partial charge >= 0.3 is 0 Å². The van der Waals surface area contributed by atoms with Gasteiger partial charge in [-0.05, 0) is 35.3 Å². The molecule has 0 saturated carbocycles. The van der Waals surface area contributed by atoms with Gasteiger partial charge < -0.3 is 10.2 Å². The summed E-state index contributed by atoms with van der Waals surface area (Å²) in [4.78, 5) is 21.4. The average Bonchev–Trinajstić information content (AvgIpc) is 2.07. The summed E-state index contributed by atoms with van der Waals surface area (Å²) < 4.78 is 0. The van der Waals surface area contributed by atoms with E-state index in [-0.39, 0.29) is 11.1 Å². The first-order valence-corrected chi connectivity index (χ1v) is 4.14. The molecule has 0 aliphatic carbocycles. The molecule has 0 unspecified atom stereocenters. The minimum absolute atomic E-state index is 0.286. The number of hydrogen-bond acceptors (Lipinski definition) is 4. The normalized spacial score (nSPS) is 9.86. The van der Waals surface area contributed by atoms with Crippen LogP contribution in [0.1, 0.15) is 20.7 Å². The smallest absolute Gasteiger partial charge is 0.256 e. The summed E-state index contributed by atoms with van der Waals surface area (Å²) in [6.45, 7) is 0. The Bertz CT molecular complexity index is 374. The van der Waals surface area contributed by atoms with E-state index in [9.17, 15) is 19.8 Å². The summed E-state index contributed by atoms with van der Waals surface area (Å²) in [6, 6.07) is 1.75. The van der Waals surface area contributed by atoms with E-state index < -0.39 is 22.0 Å². The first kappa shape index (κ1) is 10.8. The lowest BCUT2D eigenvalue weighted by Gasteiger charge is -2.03. The Morgan fingerprint density at radius 2 is 1.21 bits per heavy atom. The molecule has 0 aromatic heterocycles. The molecule has 0 aliphatic rings. The van der Waals surface area contributed by atoms with Crippen molar-refractivity contribution >= 4 is 33.7 Å². The molecule has 6 heteroatoms. The van der Waals surface area contributed by atoms with Gasteiger partial charge in [-0.1, -0.05) is 0 Å². The van der Waals surface area contributed by atoms with Gasteiger partial charge in [-0.3, -0.25) is 9.59 Å². The van der Waals surface area contributed by atoms with Crippen LogP contribution >= 0.6 is 23.2 Å². The van der Waals surface area contributed by atoms with E-state index in [1.807, 2.05) is 0 Å². The second-order valence-corrected chi connectivity index (χ2v) is 3.12. The van der Waals surface area contributed by atoms with Gasteiger partial charge in [0.2, 0.25) is 0 Å². The number of phenols is 2. The Hall–Kier alpha value is -1.26. The molecule has 0 saturated heterocycles. The van der Waals surface area contributed by atoms with E-state index in [4.69, 9.17) is 23.2 Å². The van der Waals surface area contributed by atoms with E-state index >= 15 is 0 Å². The Labute approximate surface area is 88.7 Å². The highest BCUT2D eigenvalue weighted by Crippen LogP contribution is 2.29. The summed E-state index contributed by atoms with van der Waals surface area (Å²) in [6.07, 6.45) is 0. The molecule has 1 aromatic rings. The van der Waals surface area contributed by atoms with Crippen molar-refractivity contribution in [3.63, 3.8) is 0 Å². The molecule has 14 heavy (non-hydrogen) atoms. The topological polar surface area (TPSA) is 74.6 Å². The summed E-state index contributed by atoms with van der Waals surface area (Å²) in [5.74, 6) is -1.02. The van der Waals surface area contributed by atoms with Gasteiger partial charge in [0.15, 0.2) is 0 Å². The van der Waals surface area contributed by atoms with Crippen molar-refractivity contribution in [1.29, 1.82) is 0 Å². The molecule has 0 amide bonds. The fraction of sp³-hybridized carbons (Fsp3) is 0. The van der Waals surface area contributed by atoms with Gasteiger partial charge in [0.05, 0.1) is 11.1 Å². The number of benzene rings is 1. The standard InChI is InChI=1S/C8H4Cl2O4/c9-7(13)3-1-5(11)4(8(10)14)2-6(3)12/h1-2,11-12H. The predicted octanol–water partition coefficient (Wildman–Crippen LogP) is 1.86. The highest BCUT2D eigenvalue weighted by Gasteiger charge is 2.16. The van der Waals surface area contributed by atoms with Crippen molar-refractivity contribution in [2.24, 2.45) is 0 Å². The van der Waals surface area contributed by atoms with Crippen molar-refractivity contribution in [2.45, 2.75) is 0 Å². The molecule has 74 valence electrons. The van der Waals surface area contributed by atoms with Crippen LogP contribution in [0.2, 0.25) is 0 Å². The molecule has 1 rings (SSSR count). The predicted molar refractivity (Wildman–Crippen MR) is 50.1 cm³/mol. The quantitative estimate of drug-likeness (QED) is 0.605. The maximum atomic E-state index is 10.7. The maximum absolute atomic E-state index is 10.7. The largest absolute Gasteiger partial charge is 0.507 e. The van der Waals surface area contributed by atoms with Crippen LogP contribution in [0.25, 0.3) is 0 Å². The molecule has 0 aliphatic heterocycles. The molecule has 0 heterocycles.